The summed E-state index contributed by atoms with van der Waals surface area (Å²) in [6.07, 6.45) is 1.55. The molecular weight excluding hydrogens is 333 g/mol. The Hall–Kier alpha value is -2.64. The largest absolute Gasteiger partial charge is 0.416 e. The van der Waals surface area contributed by atoms with Crippen molar-refractivity contribution in [3.8, 4) is 11.4 Å². The van der Waals surface area contributed by atoms with Crippen LogP contribution in [0, 0.1) is 0 Å². The van der Waals surface area contributed by atoms with Crippen molar-refractivity contribution in [2.75, 3.05) is 0 Å². The van der Waals surface area contributed by atoms with Crippen LogP contribution >= 0.6 is 0 Å². The third kappa shape index (κ3) is 3.16. The van der Waals surface area contributed by atoms with Crippen LogP contribution in [-0.2, 0) is 25.6 Å². The van der Waals surface area contributed by atoms with E-state index in [1.54, 1.807) is 6.33 Å². The highest BCUT2D eigenvalue weighted by molar-refractivity contribution is 5.55. The minimum Gasteiger partial charge on any atom is -0.337 e. The number of halogens is 3. The highest BCUT2D eigenvalue weighted by Gasteiger charge is 2.30. The monoisotopic (exact) mass is 348 g/mol. The van der Waals surface area contributed by atoms with Gasteiger partial charge in [0.1, 0.15) is 6.54 Å². The zero-order valence-corrected chi connectivity index (χ0v) is 13.3. The lowest BCUT2D eigenvalue weighted by Gasteiger charge is -2.12. The third-order valence-electron chi connectivity index (χ3n) is 4.33. The molecule has 0 radical (unpaired) electrons. The van der Waals surface area contributed by atoms with Gasteiger partial charge in [-0.2, -0.15) is 18.2 Å². The molecule has 2 heterocycles. The molecule has 1 aromatic carbocycles. The maximum absolute atomic E-state index is 12.8. The Morgan fingerprint density at radius 3 is 2.84 bits per heavy atom. The van der Waals surface area contributed by atoms with E-state index in [9.17, 15) is 13.2 Å². The third-order valence-corrected chi connectivity index (χ3v) is 4.33. The van der Waals surface area contributed by atoms with Gasteiger partial charge in [-0.3, -0.25) is 0 Å². The fraction of sp³-hybridized carbons (Fsp3) is 0.353. The number of benzene rings is 1. The molecule has 0 fully saturated rings. The zero-order chi connectivity index (χ0) is 17.4. The molecule has 2 aromatic heterocycles. The SMILES string of the molecule is FC(F)(F)c1cccc(-c2noc(Cn3cnc4c3CCCC4)n2)c1. The predicted octanol–water partition coefficient (Wildman–Crippen LogP) is 3.88. The topological polar surface area (TPSA) is 56.7 Å². The van der Waals surface area contributed by atoms with Gasteiger partial charge in [-0.1, -0.05) is 17.3 Å². The van der Waals surface area contributed by atoms with Crippen molar-refractivity contribution in [2.45, 2.75) is 38.4 Å². The second-order valence-electron chi connectivity index (χ2n) is 6.06. The van der Waals surface area contributed by atoms with Crippen LogP contribution in [-0.4, -0.2) is 19.7 Å². The van der Waals surface area contributed by atoms with Crippen LogP contribution < -0.4 is 0 Å². The van der Waals surface area contributed by atoms with E-state index in [1.807, 2.05) is 4.57 Å². The van der Waals surface area contributed by atoms with Crippen molar-refractivity contribution in [3.63, 3.8) is 0 Å². The number of fused-ring (bicyclic) bond motifs is 1. The van der Waals surface area contributed by atoms with Crippen LogP contribution in [0.15, 0.2) is 35.1 Å². The lowest BCUT2D eigenvalue weighted by Crippen LogP contribution is -2.09. The number of aryl methyl sites for hydroxylation is 1. The van der Waals surface area contributed by atoms with Crippen molar-refractivity contribution in [2.24, 2.45) is 0 Å². The lowest BCUT2D eigenvalue weighted by atomic mass is 10.0. The molecule has 3 aromatic rings. The van der Waals surface area contributed by atoms with Crippen molar-refractivity contribution < 1.29 is 17.7 Å². The molecule has 0 N–H and O–H groups in total. The molecule has 0 atom stereocenters. The van der Waals surface area contributed by atoms with Crippen LogP contribution in [0.2, 0.25) is 0 Å². The van der Waals surface area contributed by atoms with E-state index in [-0.39, 0.29) is 11.4 Å². The molecule has 0 saturated heterocycles. The summed E-state index contributed by atoms with van der Waals surface area (Å²) >= 11 is 0. The number of aromatic nitrogens is 4. The van der Waals surface area contributed by atoms with Crippen LogP contribution in [0.3, 0.4) is 0 Å². The van der Waals surface area contributed by atoms with Gasteiger partial charge in [0.15, 0.2) is 0 Å². The Balaban J connectivity index is 1.58. The smallest absolute Gasteiger partial charge is 0.337 e. The molecule has 25 heavy (non-hydrogen) atoms. The average molecular weight is 348 g/mol. The van der Waals surface area contributed by atoms with Gasteiger partial charge in [0.25, 0.3) is 0 Å². The minimum atomic E-state index is -4.40. The van der Waals surface area contributed by atoms with E-state index in [1.165, 1.54) is 17.8 Å². The predicted molar refractivity (Wildman–Crippen MR) is 82.7 cm³/mol. The zero-order valence-electron chi connectivity index (χ0n) is 13.3. The van der Waals surface area contributed by atoms with Gasteiger partial charge in [-0.15, -0.1) is 0 Å². The van der Waals surface area contributed by atoms with Gasteiger partial charge in [0.2, 0.25) is 11.7 Å². The van der Waals surface area contributed by atoms with E-state index < -0.39 is 11.7 Å². The summed E-state index contributed by atoms with van der Waals surface area (Å²) in [4.78, 5) is 8.64. The Morgan fingerprint density at radius 1 is 1.16 bits per heavy atom. The molecule has 0 spiro atoms. The van der Waals surface area contributed by atoms with Gasteiger partial charge in [0, 0.05) is 11.3 Å². The van der Waals surface area contributed by atoms with Gasteiger partial charge in [-0.25, -0.2) is 4.98 Å². The Kier molecular flexibility index (Phi) is 3.82. The van der Waals surface area contributed by atoms with Crippen molar-refractivity contribution in [1.82, 2.24) is 19.7 Å². The fourth-order valence-electron chi connectivity index (χ4n) is 3.08. The molecule has 0 bridgehead atoms. The molecular formula is C17H15F3N4O. The Bertz CT molecular complexity index is 897. The lowest BCUT2D eigenvalue weighted by molar-refractivity contribution is -0.137. The van der Waals surface area contributed by atoms with Gasteiger partial charge in [-0.05, 0) is 37.8 Å². The van der Waals surface area contributed by atoms with Crippen LogP contribution in [0.4, 0.5) is 13.2 Å². The molecule has 0 aliphatic heterocycles. The van der Waals surface area contributed by atoms with E-state index in [2.05, 4.69) is 15.1 Å². The van der Waals surface area contributed by atoms with Crippen molar-refractivity contribution in [3.05, 3.63) is 53.4 Å². The first-order chi connectivity index (χ1) is 12.0. The summed E-state index contributed by atoms with van der Waals surface area (Å²) in [7, 11) is 0. The highest BCUT2D eigenvalue weighted by Crippen LogP contribution is 2.31. The molecule has 0 unspecified atom stereocenters. The quantitative estimate of drug-likeness (QED) is 0.721. The molecule has 1 aliphatic rings. The normalized spacial score (nSPS) is 14.5. The summed E-state index contributed by atoms with van der Waals surface area (Å²) in [5.41, 5.74) is 1.81. The number of rotatable bonds is 3. The van der Waals surface area contributed by atoms with Crippen molar-refractivity contribution in [1.29, 1.82) is 0 Å². The number of nitrogens with zero attached hydrogens (tertiary/aromatic N) is 4. The summed E-state index contributed by atoms with van der Waals surface area (Å²) in [5.74, 6) is 0.494. The molecule has 5 nitrogen and oxygen atoms in total. The number of hydrogen-bond donors (Lipinski definition) is 0. The van der Waals surface area contributed by atoms with E-state index in [0.29, 0.717) is 12.4 Å². The van der Waals surface area contributed by atoms with E-state index >= 15 is 0 Å². The fourth-order valence-corrected chi connectivity index (χ4v) is 3.08. The summed E-state index contributed by atoms with van der Waals surface area (Å²) in [6, 6.07) is 4.90. The van der Waals surface area contributed by atoms with Gasteiger partial charge < -0.3 is 9.09 Å². The van der Waals surface area contributed by atoms with E-state index in [4.69, 9.17) is 4.52 Å². The summed E-state index contributed by atoms with van der Waals surface area (Å²) < 4.78 is 45.7. The first kappa shape index (κ1) is 15.9. The van der Waals surface area contributed by atoms with Crippen molar-refractivity contribution >= 4 is 0 Å². The maximum Gasteiger partial charge on any atom is 0.416 e. The highest BCUT2D eigenvalue weighted by atomic mass is 19.4. The number of hydrogen-bond acceptors (Lipinski definition) is 4. The molecule has 0 saturated carbocycles. The summed E-state index contributed by atoms with van der Waals surface area (Å²) in [6.45, 7) is 0.369. The molecule has 0 amide bonds. The molecule has 4 rings (SSSR count). The molecule has 8 heteroatoms. The Morgan fingerprint density at radius 2 is 2.00 bits per heavy atom. The first-order valence-corrected chi connectivity index (χ1v) is 8.04. The first-order valence-electron chi connectivity index (χ1n) is 8.04. The number of alkyl halides is 3. The van der Waals surface area contributed by atoms with Crippen LogP contribution in [0.25, 0.3) is 11.4 Å². The number of imidazole rings is 1. The molecule has 130 valence electrons. The van der Waals surface area contributed by atoms with Gasteiger partial charge >= 0.3 is 6.18 Å². The van der Waals surface area contributed by atoms with Crippen LogP contribution in [0.1, 0.15) is 35.7 Å². The Labute approximate surface area is 141 Å². The molecule has 1 aliphatic carbocycles. The average Bonchev–Trinajstić information content (AvgIpc) is 3.22. The van der Waals surface area contributed by atoms with Gasteiger partial charge in [0.05, 0.1) is 17.6 Å². The standard InChI is InChI=1S/C17H15F3N4O/c18-17(19,20)12-5-3-4-11(8-12)16-22-15(25-23-16)9-24-10-21-13-6-1-2-7-14(13)24/h3-5,8,10H,1-2,6-7,9H2. The maximum atomic E-state index is 12.8. The van der Waals surface area contributed by atoms with E-state index in [0.717, 1.165) is 43.5 Å². The summed E-state index contributed by atoms with van der Waals surface area (Å²) in [5, 5.41) is 3.82. The minimum absolute atomic E-state index is 0.148. The second-order valence-corrected chi connectivity index (χ2v) is 6.06. The second kappa shape index (κ2) is 6.02. The van der Waals surface area contributed by atoms with Crippen LogP contribution in [0.5, 0.6) is 0 Å².